The summed E-state index contributed by atoms with van der Waals surface area (Å²) in [5, 5.41) is 0. The number of benzene rings is 2. The zero-order valence-electron chi connectivity index (χ0n) is 14.5. The molecule has 2 rings (SSSR count). The minimum absolute atomic E-state index is 0.122. The second-order valence-electron chi connectivity index (χ2n) is 5.68. The molecule has 2 aromatic rings. The SMILES string of the molecule is COc1cc(Br)c(S(=O)(=O)NC(C)CCc2ccccc2)cc1OC. The first-order valence-corrected chi connectivity index (χ1v) is 10.1. The maximum Gasteiger partial charge on any atom is 0.242 e. The summed E-state index contributed by atoms with van der Waals surface area (Å²) in [7, 11) is -0.712. The molecule has 0 saturated heterocycles. The van der Waals surface area contributed by atoms with Crippen molar-refractivity contribution < 1.29 is 17.9 Å². The molecular formula is C18H22BrNO4S. The smallest absolute Gasteiger partial charge is 0.242 e. The highest BCUT2D eigenvalue weighted by Crippen LogP contribution is 2.35. The van der Waals surface area contributed by atoms with E-state index >= 15 is 0 Å². The predicted octanol–water partition coefficient (Wildman–Crippen LogP) is 3.77. The second-order valence-corrected chi connectivity index (χ2v) is 8.22. The predicted molar refractivity (Wildman–Crippen MR) is 102 cm³/mol. The second kappa shape index (κ2) is 8.69. The largest absolute Gasteiger partial charge is 0.493 e. The van der Waals surface area contributed by atoms with E-state index in [1.807, 2.05) is 37.3 Å². The van der Waals surface area contributed by atoms with Crippen LogP contribution in [-0.4, -0.2) is 28.7 Å². The summed E-state index contributed by atoms with van der Waals surface area (Å²) >= 11 is 3.30. The molecule has 136 valence electrons. The molecule has 0 aromatic heterocycles. The van der Waals surface area contributed by atoms with Crippen molar-refractivity contribution >= 4 is 26.0 Å². The summed E-state index contributed by atoms with van der Waals surface area (Å²) in [5.41, 5.74) is 1.18. The number of methoxy groups -OCH3 is 2. The van der Waals surface area contributed by atoms with Crippen LogP contribution in [0.4, 0.5) is 0 Å². The van der Waals surface area contributed by atoms with E-state index in [4.69, 9.17) is 9.47 Å². The minimum Gasteiger partial charge on any atom is -0.493 e. The van der Waals surface area contributed by atoms with E-state index in [-0.39, 0.29) is 10.9 Å². The Kier molecular flexibility index (Phi) is 6.87. The number of nitrogens with one attached hydrogen (secondary N) is 1. The molecule has 0 saturated carbocycles. The van der Waals surface area contributed by atoms with E-state index in [2.05, 4.69) is 20.7 Å². The van der Waals surface area contributed by atoms with E-state index in [9.17, 15) is 8.42 Å². The highest BCUT2D eigenvalue weighted by Gasteiger charge is 2.23. The van der Waals surface area contributed by atoms with Crippen LogP contribution in [-0.2, 0) is 16.4 Å². The van der Waals surface area contributed by atoms with Crippen LogP contribution in [0.2, 0.25) is 0 Å². The van der Waals surface area contributed by atoms with Gasteiger partial charge in [-0.05, 0) is 47.3 Å². The summed E-state index contributed by atoms with van der Waals surface area (Å²) in [5.74, 6) is 0.827. The van der Waals surface area contributed by atoms with Gasteiger partial charge in [0.1, 0.15) is 4.90 Å². The van der Waals surface area contributed by atoms with Gasteiger partial charge < -0.3 is 9.47 Å². The van der Waals surface area contributed by atoms with E-state index < -0.39 is 10.0 Å². The fraction of sp³-hybridized carbons (Fsp3) is 0.333. The molecule has 0 radical (unpaired) electrons. The van der Waals surface area contributed by atoms with Crippen molar-refractivity contribution in [3.63, 3.8) is 0 Å². The lowest BCUT2D eigenvalue weighted by Crippen LogP contribution is -2.33. The Hall–Kier alpha value is -1.57. The van der Waals surface area contributed by atoms with Gasteiger partial charge in [0.15, 0.2) is 11.5 Å². The first-order chi connectivity index (χ1) is 11.9. The molecule has 5 nitrogen and oxygen atoms in total. The van der Waals surface area contributed by atoms with Gasteiger partial charge in [-0.1, -0.05) is 30.3 Å². The third kappa shape index (κ3) is 5.20. The van der Waals surface area contributed by atoms with E-state index in [1.54, 1.807) is 6.07 Å². The van der Waals surface area contributed by atoms with Gasteiger partial charge in [-0.15, -0.1) is 0 Å². The molecule has 25 heavy (non-hydrogen) atoms. The average molecular weight is 428 g/mol. The number of sulfonamides is 1. The molecule has 1 N–H and O–H groups in total. The number of halogens is 1. The molecule has 1 atom stereocenters. The molecule has 0 heterocycles. The maximum atomic E-state index is 12.7. The van der Waals surface area contributed by atoms with Crippen LogP contribution >= 0.6 is 15.9 Å². The number of hydrogen-bond donors (Lipinski definition) is 1. The summed E-state index contributed by atoms with van der Waals surface area (Å²) in [6.07, 6.45) is 1.51. The minimum atomic E-state index is -3.68. The van der Waals surface area contributed by atoms with Crippen LogP contribution < -0.4 is 14.2 Å². The quantitative estimate of drug-likeness (QED) is 0.696. The van der Waals surface area contributed by atoms with Crippen LogP contribution in [0.1, 0.15) is 18.9 Å². The standard InChI is InChI=1S/C18H22BrNO4S/c1-13(9-10-14-7-5-4-6-8-14)20-25(21,22)18-12-17(24-3)16(23-2)11-15(18)19/h4-8,11-13,20H,9-10H2,1-3H3. The molecule has 0 aliphatic heterocycles. The van der Waals surface area contributed by atoms with Crippen LogP contribution in [0, 0.1) is 0 Å². The highest BCUT2D eigenvalue weighted by molar-refractivity contribution is 9.10. The summed E-state index contributed by atoms with van der Waals surface area (Å²) < 4.78 is 38.9. The fourth-order valence-corrected chi connectivity index (χ4v) is 4.77. The topological polar surface area (TPSA) is 64.6 Å². The third-order valence-electron chi connectivity index (χ3n) is 3.79. The van der Waals surface area contributed by atoms with E-state index in [0.29, 0.717) is 22.4 Å². The summed E-state index contributed by atoms with van der Waals surface area (Å²) in [6, 6.07) is 12.8. The molecule has 0 amide bonds. The lowest BCUT2D eigenvalue weighted by Gasteiger charge is -2.17. The molecule has 0 spiro atoms. The van der Waals surface area contributed by atoms with Crippen molar-refractivity contribution in [1.82, 2.24) is 4.72 Å². The van der Waals surface area contributed by atoms with E-state index in [0.717, 1.165) is 6.42 Å². The Labute approximate surface area is 157 Å². The maximum absolute atomic E-state index is 12.7. The number of hydrogen-bond acceptors (Lipinski definition) is 4. The van der Waals surface area contributed by atoms with Crippen molar-refractivity contribution in [2.45, 2.75) is 30.7 Å². The van der Waals surface area contributed by atoms with Gasteiger partial charge in [0, 0.05) is 16.6 Å². The Morgan fingerprint density at radius 2 is 1.68 bits per heavy atom. The monoisotopic (exact) mass is 427 g/mol. The van der Waals surface area contributed by atoms with Crippen molar-refractivity contribution in [2.24, 2.45) is 0 Å². The van der Waals surface area contributed by atoms with Crippen LogP contribution in [0.15, 0.2) is 51.8 Å². The fourth-order valence-electron chi connectivity index (χ4n) is 2.46. The zero-order chi connectivity index (χ0) is 18.4. The lowest BCUT2D eigenvalue weighted by atomic mass is 10.1. The van der Waals surface area contributed by atoms with Crippen molar-refractivity contribution in [3.05, 3.63) is 52.5 Å². The van der Waals surface area contributed by atoms with Crippen LogP contribution in [0.3, 0.4) is 0 Å². The van der Waals surface area contributed by atoms with Gasteiger partial charge in [-0.25, -0.2) is 13.1 Å². The Balaban J connectivity index is 2.13. The van der Waals surface area contributed by atoms with Crippen molar-refractivity contribution in [2.75, 3.05) is 14.2 Å². The van der Waals surface area contributed by atoms with Gasteiger partial charge in [0.2, 0.25) is 10.0 Å². The number of aryl methyl sites for hydroxylation is 1. The zero-order valence-corrected chi connectivity index (χ0v) is 16.9. The first kappa shape index (κ1) is 19.8. The Morgan fingerprint density at radius 3 is 2.28 bits per heavy atom. The molecule has 1 unspecified atom stereocenters. The van der Waals surface area contributed by atoms with E-state index in [1.165, 1.54) is 25.8 Å². The Bertz CT molecular complexity index is 809. The Morgan fingerprint density at radius 1 is 1.08 bits per heavy atom. The summed E-state index contributed by atoms with van der Waals surface area (Å²) in [6.45, 7) is 1.86. The molecule has 7 heteroatoms. The van der Waals surface area contributed by atoms with Gasteiger partial charge in [-0.3, -0.25) is 0 Å². The molecular weight excluding hydrogens is 406 g/mol. The average Bonchev–Trinajstić information content (AvgIpc) is 2.60. The van der Waals surface area contributed by atoms with Crippen molar-refractivity contribution in [1.29, 1.82) is 0 Å². The number of ether oxygens (including phenoxy) is 2. The molecule has 0 fully saturated rings. The third-order valence-corrected chi connectivity index (χ3v) is 6.34. The molecule has 0 bridgehead atoms. The highest BCUT2D eigenvalue weighted by atomic mass is 79.9. The van der Waals surface area contributed by atoms with Gasteiger partial charge in [0.05, 0.1) is 14.2 Å². The normalized spacial score (nSPS) is 12.6. The first-order valence-electron chi connectivity index (χ1n) is 7.85. The van der Waals surface area contributed by atoms with Crippen LogP contribution in [0.25, 0.3) is 0 Å². The molecule has 0 aliphatic rings. The number of rotatable bonds is 8. The summed E-state index contributed by atoms with van der Waals surface area (Å²) in [4.78, 5) is 0.122. The lowest BCUT2D eigenvalue weighted by molar-refractivity contribution is 0.353. The van der Waals surface area contributed by atoms with Gasteiger partial charge >= 0.3 is 0 Å². The van der Waals surface area contributed by atoms with Crippen molar-refractivity contribution in [3.8, 4) is 11.5 Å². The molecule has 2 aromatic carbocycles. The van der Waals surface area contributed by atoms with Crippen LogP contribution in [0.5, 0.6) is 11.5 Å². The molecule has 0 aliphatic carbocycles. The van der Waals surface area contributed by atoms with Gasteiger partial charge in [0.25, 0.3) is 0 Å². The van der Waals surface area contributed by atoms with Gasteiger partial charge in [-0.2, -0.15) is 0 Å².